The first-order valence-corrected chi connectivity index (χ1v) is 10.6. The lowest BCUT2D eigenvalue weighted by Gasteiger charge is -2.33. The molecule has 1 aliphatic carbocycles. The minimum atomic E-state index is -3.12. The average Bonchev–Trinajstić information content (AvgIpc) is 3.24. The highest BCUT2D eigenvalue weighted by Crippen LogP contribution is 2.29. The summed E-state index contributed by atoms with van der Waals surface area (Å²) in [7, 11) is -3.12. The van der Waals surface area contributed by atoms with Crippen molar-refractivity contribution in [2.75, 3.05) is 18.1 Å². The normalized spacial score (nSPS) is 22.2. The molecule has 0 unspecified atom stereocenters. The molecule has 2 aliphatic rings. The molecule has 1 saturated heterocycles. The van der Waals surface area contributed by atoms with Crippen molar-refractivity contribution in [2.24, 2.45) is 0 Å². The number of sulfone groups is 1. The number of pyridine rings is 1. The van der Waals surface area contributed by atoms with Crippen LogP contribution in [0.2, 0.25) is 0 Å². The smallest absolute Gasteiger partial charge is 0.339 e. The van der Waals surface area contributed by atoms with Gasteiger partial charge in [0.25, 0.3) is 5.91 Å². The monoisotopic (exact) mass is 382 g/mol. The lowest BCUT2D eigenvalue weighted by Crippen LogP contribution is -2.48. The van der Waals surface area contributed by atoms with Gasteiger partial charge in [-0.05, 0) is 19.3 Å². The number of carbonyl (C=O) groups is 2. The van der Waals surface area contributed by atoms with Gasteiger partial charge in [-0.2, -0.15) is 4.73 Å². The molecule has 3 rings (SSSR count). The van der Waals surface area contributed by atoms with Crippen LogP contribution in [-0.4, -0.2) is 55.4 Å². The summed E-state index contributed by atoms with van der Waals surface area (Å²) in [6, 6.07) is 2.30. The predicted octanol–water partition coefficient (Wildman–Crippen LogP) is 0.435. The number of hydrogen-bond donors (Lipinski definition) is 0. The Morgan fingerprint density at radius 2 is 1.81 bits per heavy atom. The van der Waals surface area contributed by atoms with Crippen LogP contribution >= 0.6 is 0 Å². The highest BCUT2D eigenvalue weighted by atomic mass is 32.2. The van der Waals surface area contributed by atoms with Gasteiger partial charge in [0.1, 0.15) is 0 Å². The van der Waals surface area contributed by atoms with Gasteiger partial charge < -0.3 is 14.8 Å². The van der Waals surface area contributed by atoms with Crippen LogP contribution in [0.15, 0.2) is 24.5 Å². The predicted molar refractivity (Wildman–Crippen MR) is 91.8 cm³/mol. The summed E-state index contributed by atoms with van der Waals surface area (Å²) in [5.74, 6) is -0.982. The van der Waals surface area contributed by atoms with Gasteiger partial charge in [-0.3, -0.25) is 4.79 Å². The number of esters is 1. The van der Waals surface area contributed by atoms with Crippen LogP contribution < -0.4 is 4.73 Å². The van der Waals surface area contributed by atoms with Crippen molar-refractivity contribution >= 4 is 21.7 Å². The van der Waals surface area contributed by atoms with Crippen molar-refractivity contribution in [3.63, 3.8) is 0 Å². The maximum absolute atomic E-state index is 12.7. The molecule has 0 spiro atoms. The lowest BCUT2D eigenvalue weighted by molar-refractivity contribution is -0.605. The van der Waals surface area contributed by atoms with Gasteiger partial charge in [0, 0.05) is 24.2 Å². The fraction of sp³-hybridized carbons (Fsp3) is 0.588. The standard InChI is InChI=1S/C17H22N2O6S/c20-16(11-25-17(21)13-5-8-18(22)9-6-13)19(14-3-1-2-4-14)15-7-10-26(23,24)12-15/h5-6,8-9,14-15H,1-4,7,10-12H2/t15-/m0/s1. The largest absolute Gasteiger partial charge is 0.619 e. The Morgan fingerprint density at radius 1 is 1.15 bits per heavy atom. The summed E-state index contributed by atoms with van der Waals surface area (Å²) in [6.45, 7) is -0.432. The van der Waals surface area contributed by atoms with Gasteiger partial charge in [0.2, 0.25) is 0 Å². The Hall–Kier alpha value is -2.16. The number of carbonyl (C=O) groups excluding carboxylic acids is 2. The second kappa shape index (κ2) is 7.61. The van der Waals surface area contributed by atoms with Crippen molar-refractivity contribution in [3.8, 4) is 0 Å². The van der Waals surface area contributed by atoms with Gasteiger partial charge in [-0.25, -0.2) is 13.2 Å². The highest BCUT2D eigenvalue weighted by Gasteiger charge is 2.39. The molecule has 1 saturated carbocycles. The first-order chi connectivity index (χ1) is 12.4. The maximum Gasteiger partial charge on any atom is 0.339 e. The fourth-order valence-corrected chi connectivity index (χ4v) is 5.43. The van der Waals surface area contributed by atoms with E-state index in [2.05, 4.69) is 0 Å². The Bertz CT molecular complexity index is 771. The van der Waals surface area contributed by atoms with E-state index in [-0.39, 0.29) is 35.1 Å². The van der Waals surface area contributed by atoms with E-state index in [0.29, 0.717) is 11.2 Å². The molecule has 2 fully saturated rings. The molecule has 142 valence electrons. The molecule has 1 aromatic heterocycles. The maximum atomic E-state index is 12.7. The number of amides is 1. The first kappa shape index (κ1) is 18.6. The minimum absolute atomic E-state index is 0.00986. The lowest BCUT2D eigenvalue weighted by atomic mass is 10.1. The zero-order valence-electron chi connectivity index (χ0n) is 14.4. The Morgan fingerprint density at radius 3 is 2.38 bits per heavy atom. The Labute approximate surface area is 152 Å². The molecular formula is C17H22N2O6S. The minimum Gasteiger partial charge on any atom is -0.619 e. The van der Waals surface area contributed by atoms with E-state index < -0.39 is 22.4 Å². The van der Waals surface area contributed by atoms with Crippen molar-refractivity contribution in [1.29, 1.82) is 0 Å². The van der Waals surface area contributed by atoms with E-state index in [1.165, 1.54) is 24.5 Å². The van der Waals surface area contributed by atoms with Crippen molar-refractivity contribution in [3.05, 3.63) is 35.3 Å². The molecule has 1 aromatic rings. The molecule has 0 bridgehead atoms. The second-order valence-electron chi connectivity index (χ2n) is 6.82. The molecule has 1 amide bonds. The molecule has 9 heteroatoms. The van der Waals surface area contributed by atoms with Gasteiger partial charge in [0.15, 0.2) is 28.8 Å². The van der Waals surface area contributed by atoms with Crippen molar-refractivity contribution in [2.45, 2.75) is 44.2 Å². The summed E-state index contributed by atoms with van der Waals surface area (Å²) in [5, 5.41) is 11.0. The second-order valence-corrected chi connectivity index (χ2v) is 9.05. The molecule has 1 atom stereocenters. The topological polar surface area (TPSA) is 108 Å². The summed E-state index contributed by atoms with van der Waals surface area (Å²) < 4.78 is 29.3. The summed E-state index contributed by atoms with van der Waals surface area (Å²) in [5.41, 5.74) is 0.181. The van der Waals surface area contributed by atoms with Crippen LogP contribution in [0, 0.1) is 5.21 Å². The number of rotatable bonds is 5. The number of ether oxygens (including phenoxy) is 1. The third-order valence-corrected chi connectivity index (χ3v) is 6.72. The van der Waals surface area contributed by atoms with Gasteiger partial charge in [-0.15, -0.1) is 0 Å². The number of aromatic nitrogens is 1. The zero-order chi connectivity index (χ0) is 18.7. The van der Waals surface area contributed by atoms with E-state index >= 15 is 0 Å². The van der Waals surface area contributed by atoms with E-state index in [4.69, 9.17) is 4.74 Å². The molecule has 0 radical (unpaired) electrons. The Balaban J connectivity index is 1.65. The Kier molecular flexibility index (Phi) is 5.45. The van der Waals surface area contributed by atoms with Gasteiger partial charge in [-0.1, -0.05) is 12.8 Å². The number of hydrogen-bond acceptors (Lipinski definition) is 6. The third kappa shape index (κ3) is 4.32. The summed E-state index contributed by atoms with van der Waals surface area (Å²) in [6.07, 6.45) is 6.48. The quantitative estimate of drug-likeness (QED) is 0.415. The SMILES string of the molecule is O=C(OCC(=O)N(C1CCCC1)[C@H]1CCS(=O)(=O)C1)c1cc[n+]([O-])cc1. The summed E-state index contributed by atoms with van der Waals surface area (Å²) in [4.78, 5) is 26.4. The molecule has 26 heavy (non-hydrogen) atoms. The molecule has 1 aliphatic heterocycles. The van der Waals surface area contributed by atoms with E-state index in [1.54, 1.807) is 4.90 Å². The average molecular weight is 382 g/mol. The van der Waals surface area contributed by atoms with Gasteiger partial charge in [0.05, 0.1) is 17.1 Å². The zero-order valence-corrected chi connectivity index (χ0v) is 15.2. The van der Waals surface area contributed by atoms with Crippen molar-refractivity contribution in [1.82, 2.24) is 4.90 Å². The van der Waals surface area contributed by atoms with Crippen LogP contribution in [0.5, 0.6) is 0 Å². The van der Waals surface area contributed by atoms with E-state index in [1.807, 2.05) is 0 Å². The fourth-order valence-electron chi connectivity index (χ4n) is 3.72. The molecular weight excluding hydrogens is 360 g/mol. The van der Waals surface area contributed by atoms with Gasteiger partial charge >= 0.3 is 5.97 Å². The van der Waals surface area contributed by atoms with Crippen LogP contribution in [0.4, 0.5) is 0 Å². The van der Waals surface area contributed by atoms with Crippen molar-refractivity contribution < 1.29 is 27.5 Å². The van der Waals surface area contributed by atoms with E-state index in [9.17, 15) is 23.2 Å². The third-order valence-electron chi connectivity index (χ3n) is 4.97. The molecule has 2 heterocycles. The molecule has 8 nitrogen and oxygen atoms in total. The van der Waals surface area contributed by atoms with E-state index in [0.717, 1.165) is 25.7 Å². The highest BCUT2D eigenvalue weighted by molar-refractivity contribution is 7.91. The summed E-state index contributed by atoms with van der Waals surface area (Å²) >= 11 is 0. The molecule has 0 N–H and O–H groups in total. The van der Waals surface area contributed by atoms with Crippen LogP contribution in [-0.2, 0) is 19.4 Å². The van der Waals surface area contributed by atoms with Crippen LogP contribution in [0.1, 0.15) is 42.5 Å². The first-order valence-electron chi connectivity index (χ1n) is 8.73. The van der Waals surface area contributed by atoms with Crippen LogP contribution in [0.25, 0.3) is 0 Å². The van der Waals surface area contributed by atoms with Crippen LogP contribution in [0.3, 0.4) is 0 Å². The number of nitrogens with zero attached hydrogens (tertiary/aromatic N) is 2. The molecule has 0 aromatic carbocycles.